The first kappa shape index (κ1) is 18.9. The average molecular weight is 394 g/mol. The summed E-state index contributed by atoms with van der Waals surface area (Å²) in [6.07, 6.45) is 1.15. The molecule has 1 aliphatic heterocycles. The molecule has 0 amide bonds. The number of sulfonamides is 1. The molecule has 0 spiro atoms. The number of hydrogen-bond acceptors (Lipinski definition) is 4. The van der Waals surface area contributed by atoms with E-state index in [9.17, 15) is 13.2 Å². The van der Waals surface area contributed by atoms with Crippen LogP contribution in [-0.4, -0.2) is 38.2 Å². The van der Waals surface area contributed by atoms with E-state index in [-0.39, 0.29) is 10.7 Å². The predicted molar refractivity (Wildman–Crippen MR) is 100 cm³/mol. The summed E-state index contributed by atoms with van der Waals surface area (Å²) in [4.78, 5) is 13.0. The number of methoxy groups -OCH3 is 1. The first-order valence-electron chi connectivity index (χ1n) is 8.31. The van der Waals surface area contributed by atoms with Crippen LogP contribution in [0.25, 0.3) is 0 Å². The third kappa shape index (κ3) is 3.49. The van der Waals surface area contributed by atoms with Crippen molar-refractivity contribution in [2.24, 2.45) is 0 Å². The molecule has 0 saturated carbocycles. The number of nitrogens with zero attached hydrogens (tertiary/aromatic N) is 1. The Morgan fingerprint density at radius 3 is 2.50 bits per heavy atom. The molecule has 0 bridgehead atoms. The Labute approximate surface area is 158 Å². The van der Waals surface area contributed by atoms with Crippen molar-refractivity contribution in [3.05, 3.63) is 58.6 Å². The van der Waals surface area contributed by atoms with Crippen LogP contribution in [0.2, 0.25) is 5.02 Å². The monoisotopic (exact) mass is 393 g/mol. The lowest BCUT2D eigenvalue weighted by molar-refractivity contribution is 0.0918. The highest BCUT2D eigenvalue weighted by Gasteiger charge is 2.39. The van der Waals surface area contributed by atoms with Crippen LogP contribution in [0.5, 0.6) is 5.75 Å². The van der Waals surface area contributed by atoms with Crippen molar-refractivity contribution in [2.75, 3.05) is 13.7 Å². The molecule has 1 atom stereocenters. The Kier molecular flexibility index (Phi) is 5.37. The number of ketones is 1. The molecule has 3 rings (SSSR count). The number of aryl methyl sites for hydroxylation is 1. The van der Waals surface area contributed by atoms with Gasteiger partial charge in [-0.25, -0.2) is 8.42 Å². The van der Waals surface area contributed by atoms with E-state index in [0.717, 1.165) is 5.56 Å². The highest BCUT2D eigenvalue weighted by atomic mass is 35.5. The fourth-order valence-corrected chi connectivity index (χ4v) is 5.04. The van der Waals surface area contributed by atoms with Gasteiger partial charge < -0.3 is 4.74 Å². The van der Waals surface area contributed by atoms with Crippen LogP contribution < -0.4 is 4.74 Å². The fraction of sp³-hybridized carbons (Fsp3) is 0.316. The SMILES string of the molecule is COc1ccc(C(=O)C2CCCN2S(=O)(=O)c2ccc(C)c(Cl)c2)cc1. The van der Waals surface area contributed by atoms with Crippen molar-refractivity contribution in [3.8, 4) is 5.75 Å². The molecule has 1 fully saturated rings. The van der Waals surface area contributed by atoms with Gasteiger partial charge in [0.15, 0.2) is 5.78 Å². The maximum absolute atomic E-state index is 13.0. The van der Waals surface area contributed by atoms with Crippen molar-refractivity contribution in [3.63, 3.8) is 0 Å². The van der Waals surface area contributed by atoms with Crippen molar-refractivity contribution in [1.29, 1.82) is 0 Å². The van der Waals surface area contributed by atoms with Crippen LogP contribution in [0, 0.1) is 6.92 Å². The number of halogens is 1. The second-order valence-electron chi connectivity index (χ2n) is 6.28. The molecule has 0 N–H and O–H groups in total. The summed E-state index contributed by atoms with van der Waals surface area (Å²) in [6.45, 7) is 2.13. The second kappa shape index (κ2) is 7.39. The zero-order valence-corrected chi connectivity index (χ0v) is 16.2. The van der Waals surface area contributed by atoms with Gasteiger partial charge in [-0.1, -0.05) is 17.7 Å². The molecule has 138 valence electrons. The first-order chi connectivity index (χ1) is 12.3. The van der Waals surface area contributed by atoms with E-state index in [1.54, 1.807) is 37.4 Å². The van der Waals surface area contributed by atoms with Crippen LogP contribution >= 0.6 is 11.6 Å². The summed E-state index contributed by atoms with van der Waals surface area (Å²) < 4.78 is 32.5. The van der Waals surface area contributed by atoms with Crippen molar-refractivity contribution >= 4 is 27.4 Å². The zero-order valence-electron chi connectivity index (χ0n) is 14.6. The molecule has 2 aromatic carbocycles. The molecule has 26 heavy (non-hydrogen) atoms. The van der Waals surface area contributed by atoms with Gasteiger partial charge in [0, 0.05) is 17.1 Å². The van der Waals surface area contributed by atoms with Crippen molar-refractivity contribution < 1.29 is 17.9 Å². The lowest BCUT2D eigenvalue weighted by Crippen LogP contribution is -2.40. The van der Waals surface area contributed by atoms with E-state index in [2.05, 4.69) is 0 Å². The normalized spacial score (nSPS) is 18.0. The molecule has 1 saturated heterocycles. The van der Waals surface area contributed by atoms with Gasteiger partial charge in [-0.05, 0) is 61.7 Å². The van der Waals surface area contributed by atoms with Gasteiger partial charge >= 0.3 is 0 Å². The minimum Gasteiger partial charge on any atom is -0.497 e. The first-order valence-corrected chi connectivity index (χ1v) is 10.1. The van der Waals surface area contributed by atoms with E-state index in [1.165, 1.54) is 16.4 Å². The lowest BCUT2D eigenvalue weighted by Gasteiger charge is -2.23. The van der Waals surface area contributed by atoms with Crippen LogP contribution in [0.4, 0.5) is 0 Å². The minimum atomic E-state index is -3.79. The van der Waals surface area contributed by atoms with E-state index in [0.29, 0.717) is 35.7 Å². The van der Waals surface area contributed by atoms with Crippen molar-refractivity contribution in [2.45, 2.75) is 30.7 Å². The molecule has 0 aromatic heterocycles. The molecule has 1 aliphatic rings. The molecule has 1 unspecified atom stereocenters. The number of carbonyl (C=O) groups excluding carboxylic acids is 1. The Morgan fingerprint density at radius 1 is 1.19 bits per heavy atom. The van der Waals surface area contributed by atoms with Gasteiger partial charge in [-0.3, -0.25) is 4.79 Å². The molecule has 1 heterocycles. The largest absolute Gasteiger partial charge is 0.497 e. The standard InChI is InChI=1S/C19H20ClNO4S/c1-13-5-10-16(12-17(13)20)26(23,24)21-11-3-4-18(21)19(22)14-6-8-15(25-2)9-7-14/h5-10,12,18H,3-4,11H2,1-2H3. The molecular formula is C19H20ClNO4S. The third-order valence-corrected chi connectivity index (χ3v) is 6.94. The number of rotatable bonds is 5. The Balaban J connectivity index is 1.91. The summed E-state index contributed by atoms with van der Waals surface area (Å²) in [5.41, 5.74) is 1.28. The minimum absolute atomic E-state index is 0.113. The van der Waals surface area contributed by atoms with Gasteiger partial charge in [0.2, 0.25) is 10.0 Å². The molecule has 7 heteroatoms. The van der Waals surface area contributed by atoms with Crippen LogP contribution in [0.1, 0.15) is 28.8 Å². The second-order valence-corrected chi connectivity index (χ2v) is 8.58. The average Bonchev–Trinajstić information content (AvgIpc) is 3.14. The zero-order chi connectivity index (χ0) is 18.9. The maximum Gasteiger partial charge on any atom is 0.243 e. The highest BCUT2D eigenvalue weighted by molar-refractivity contribution is 7.89. The summed E-state index contributed by atoms with van der Waals surface area (Å²) >= 11 is 6.09. The van der Waals surface area contributed by atoms with Crippen molar-refractivity contribution in [1.82, 2.24) is 4.31 Å². The molecule has 5 nitrogen and oxygen atoms in total. The van der Waals surface area contributed by atoms with E-state index in [4.69, 9.17) is 16.3 Å². The smallest absolute Gasteiger partial charge is 0.243 e. The van der Waals surface area contributed by atoms with Crippen LogP contribution in [0.3, 0.4) is 0 Å². The molecule has 0 radical (unpaired) electrons. The Hall–Kier alpha value is -1.89. The summed E-state index contributed by atoms with van der Waals surface area (Å²) in [5, 5.41) is 0.392. The summed E-state index contributed by atoms with van der Waals surface area (Å²) in [6, 6.07) is 10.7. The number of ether oxygens (including phenoxy) is 1. The van der Waals surface area contributed by atoms with Gasteiger partial charge in [0.05, 0.1) is 18.0 Å². The van der Waals surface area contributed by atoms with Gasteiger partial charge in [-0.15, -0.1) is 0 Å². The topological polar surface area (TPSA) is 63.7 Å². The van der Waals surface area contributed by atoms with Crippen LogP contribution in [0.15, 0.2) is 47.4 Å². The third-order valence-electron chi connectivity index (χ3n) is 4.63. The van der Waals surface area contributed by atoms with E-state index < -0.39 is 16.1 Å². The van der Waals surface area contributed by atoms with Gasteiger partial charge in [-0.2, -0.15) is 4.31 Å². The highest BCUT2D eigenvalue weighted by Crippen LogP contribution is 2.30. The Morgan fingerprint density at radius 2 is 1.88 bits per heavy atom. The predicted octanol–water partition coefficient (Wildman–Crippen LogP) is 3.69. The quantitative estimate of drug-likeness (QED) is 0.726. The fourth-order valence-electron chi connectivity index (χ4n) is 3.11. The van der Waals surface area contributed by atoms with E-state index >= 15 is 0 Å². The Bertz CT molecular complexity index is 925. The van der Waals surface area contributed by atoms with Gasteiger partial charge in [0.25, 0.3) is 0 Å². The number of benzene rings is 2. The maximum atomic E-state index is 13.0. The number of Topliss-reactive ketones (excluding diaryl/α,β-unsaturated/α-hetero) is 1. The summed E-state index contributed by atoms with van der Waals surface area (Å²) in [5.74, 6) is 0.443. The van der Waals surface area contributed by atoms with Crippen LogP contribution in [-0.2, 0) is 10.0 Å². The van der Waals surface area contributed by atoms with Gasteiger partial charge in [0.1, 0.15) is 5.75 Å². The number of carbonyl (C=O) groups is 1. The summed E-state index contributed by atoms with van der Waals surface area (Å²) in [7, 11) is -2.24. The molecule has 0 aliphatic carbocycles. The molecule has 2 aromatic rings. The van der Waals surface area contributed by atoms with E-state index in [1.807, 2.05) is 6.92 Å². The molecular weight excluding hydrogens is 374 g/mol. The lowest BCUT2D eigenvalue weighted by atomic mass is 10.0. The number of hydrogen-bond donors (Lipinski definition) is 0.